The fourth-order valence-corrected chi connectivity index (χ4v) is 6.46. The van der Waals surface area contributed by atoms with Gasteiger partial charge in [-0.05, 0) is 48.2 Å². The lowest BCUT2D eigenvalue weighted by Crippen LogP contribution is -2.25. The van der Waals surface area contributed by atoms with Crippen LogP contribution >= 0.6 is 22.7 Å². The SMILES string of the molecule is N#CN1CC[C@H](C(=O)Nc2ncc(-c3ccc(C(F)(F)F)cc3)s2)C1.N#CN1CC[C@H](C(=O)Nc2ncc(-c3ccncc3)s2)C1. The van der Waals surface area contributed by atoms with Gasteiger partial charge in [-0.2, -0.15) is 23.7 Å². The van der Waals surface area contributed by atoms with E-state index in [0.717, 1.165) is 22.6 Å². The molecule has 2 fully saturated rings. The molecule has 2 amide bonds. The lowest BCUT2D eigenvalue weighted by molar-refractivity contribution is -0.137. The number of alkyl halides is 3. The average Bonchev–Trinajstić information content (AvgIpc) is 3.89. The molecule has 0 saturated carbocycles. The highest BCUT2D eigenvalue weighted by Gasteiger charge is 2.31. The predicted octanol–water partition coefficient (Wildman–Crippen LogP) is 5.52. The highest BCUT2D eigenvalue weighted by molar-refractivity contribution is 7.19. The van der Waals surface area contributed by atoms with Gasteiger partial charge in [0.1, 0.15) is 0 Å². The molecular formula is C30H26F3N9O2S2. The number of nitrogens with zero attached hydrogens (tertiary/aromatic N) is 7. The van der Waals surface area contributed by atoms with Gasteiger partial charge in [-0.15, -0.1) is 0 Å². The number of halogens is 3. The topological polar surface area (TPSA) is 151 Å². The van der Waals surface area contributed by atoms with Gasteiger partial charge in [0.15, 0.2) is 22.6 Å². The molecule has 2 aliphatic rings. The second kappa shape index (κ2) is 14.4. The Kier molecular flexibility index (Phi) is 10.1. The first-order chi connectivity index (χ1) is 22.1. The molecule has 0 unspecified atom stereocenters. The van der Waals surface area contributed by atoms with Gasteiger partial charge in [0.05, 0.1) is 27.2 Å². The van der Waals surface area contributed by atoms with Crippen LogP contribution in [0.15, 0.2) is 61.2 Å². The van der Waals surface area contributed by atoms with E-state index in [4.69, 9.17) is 10.5 Å². The summed E-state index contributed by atoms with van der Waals surface area (Å²) in [5.74, 6) is -0.676. The Morgan fingerprint density at radius 1 is 0.783 bits per heavy atom. The molecule has 11 nitrogen and oxygen atoms in total. The van der Waals surface area contributed by atoms with Crippen molar-refractivity contribution in [3.8, 4) is 33.3 Å². The smallest absolute Gasteiger partial charge is 0.310 e. The Morgan fingerprint density at radius 2 is 1.24 bits per heavy atom. The van der Waals surface area contributed by atoms with E-state index in [2.05, 4.69) is 31.8 Å². The predicted molar refractivity (Wildman–Crippen MR) is 166 cm³/mol. The minimum Gasteiger partial charge on any atom is -0.310 e. The van der Waals surface area contributed by atoms with E-state index in [-0.39, 0.29) is 23.7 Å². The second-order valence-electron chi connectivity index (χ2n) is 10.4. The summed E-state index contributed by atoms with van der Waals surface area (Å²) in [5, 5.41) is 24.1. The number of hydrogen-bond donors (Lipinski definition) is 2. The summed E-state index contributed by atoms with van der Waals surface area (Å²) in [7, 11) is 0. The van der Waals surface area contributed by atoms with Gasteiger partial charge in [0.25, 0.3) is 0 Å². The van der Waals surface area contributed by atoms with E-state index in [1.54, 1.807) is 23.5 Å². The maximum atomic E-state index is 12.6. The molecule has 3 aromatic heterocycles. The van der Waals surface area contributed by atoms with Crippen LogP contribution in [-0.4, -0.2) is 62.7 Å². The van der Waals surface area contributed by atoms with Crippen molar-refractivity contribution in [2.24, 2.45) is 11.8 Å². The van der Waals surface area contributed by atoms with Crippen LogP contribution in [0.5, 0.6) is 0 Å². The normalized spacial score (nSPS) is 17.4. The Labute approximate surface area is 270 Å². The van der Waals surface area contributed by atoms with Crippen molar-refractivity contribution < 1.29 is 22.8 Å². The number of nitriles is 2. The van der Waals surface area contributed by atoms with Gasteiger partial charge in [-0.1, -0.05) is 34.8 Å². The molecule has 0 aliphatic carbocycles. The number of amides is 2. The average molecular weight is 666 g/mol. The molecule has 2 aliphatic heterocycles. The molecule has 236 valence electrons. The van der Waals surface area contributed by atoms with Gasteiger partial charge < -0.3 is 20.4 Å². The highest BCUT2D eigenvalue weighted by Crippen LogP contribution is 2.34. The van der Waals surface area contributed by atoms with E-state index in [9.17, 15) is 22.8 Å². The molecule has 2 atom stereocenters. The third kappa shape index (κ3) is 8.15. The monoisotopic (exact) mass is 665 g/mol. The summed E-state index contributed by atoms with van der Waals surface area (Å²) in [6.45, 7) is 2.09. The summed E-state index contributed by atoms with van der Waals surface area (Å²) in [5.41, 5.74) is 0.916. The van der Waals surface area contributed by atoms with Crippen molar-refractivity contribution in [2.45, 2.75) is 19.0 Å². The second-order valence-corrected chi connectivity index (χ2v) is 12.5. The van der Waals surface area contributed by atoms with Crippen molar-refractivity contribution in [3.63, 3.8) is 0 Å². The largest absolute Gasteiger partial charge is 0.416 e. The Bertz CT molecular complexity index is 1750. The minimum absolute atomic E-state index is 0.0663. The summed E-state index contributed by atoms with van der Waals surface area (Å²) in [6, 6.07) is 8.60. The molecule has 0 bridgehead atoms. The number of anilines is 2. The Hall–Kier alpha value is -5.06. The van der Waals surface area contributed by atoms with E-state index in [1.165, 1.54) is 45.9 Å². The van der Waals surface area contributed by atoms with Crippen molar-refractivity contribution in [1.29, 1.82) is 10.5 Å². The molecule has 0 radical (unpaired) electrons. The number of nitrogens with one attached hydrogen (secondary N) is 2. The van der Waals surface area contributed by atoms with Gasteiger partial charge in [0.2, 0.25) is 11.8 Å². The van der Waals surface area contributed by atoms with Crippen LogP contribution in [0.2, 0.25) is 0 Å². The van der Waals surface area contributed by atoms with Crippen LogP contribution in [0, 0.1) is 34.7 Å². The van der Waals surface area contributed by atoms with Crippen LogP contribution < -0.4 is 10.6 Å². The first-order valence-electron chi connectivity index (χ1n) is 14.0. The molecule has 16 heteroatoms. The summed E-state index contributed by atoms with van der Waals surface area (Å²) < 4.78 is 37.8. The molecule has 2 saturated heterocycles. The maximum Gasteiger partial charge on any atom is 0.416 e. The number of carbonyl (C=O) groups excluding carboxylic acids is 2. The minimum atomic E-state index is -4.37. The zero-order valence-electron chi connectivity index (χ0n) is 24.1. The molecule has 5 heterocycles. The fraction of sp³-hybridized carbons (Fsp3) is 0.300. The molecule has 1 aromatic carbocycles. The number of hydrogen-bond acceptors (Lipinski definition) is 11. The standard InChI is InChI=1S/C16H13F3N4OS.C14H13N5OS/c17-16(18,19)12-3-1-10(2-4-12)13-7-21-15(25-13)22-14(24)11-5-6-23(8-11)9-20;15-9-19-6-3-11(8-19)13(20)18-14-17-7-12(21-14)10-1-4-16-5-2-10/h1-4,7,11H,5-6,8H2,(H,21,22,24);1-2,4-5,7,11H,3,6,8H2,(H,17,18,20)/t2*11-/m00/s1. The number of thiazole rings is 2. The molecule has 0 spiro atoms. The van der Waals surface area contributed by atoms with Crippen LogP contribution in [0.3, 0.4) is 0 Å². The van der Waals surface area contributed by atoms with Crippen LogP contribution in [0.4, 0.5) is 23.4 Å². The fourth-order valence-electron chi connectivity index (χ4n) is 4.82. The van der Waals surface area contributed by atoms with E-state index in [0.29, 0.717) is 59.7 Å². The number of rotatable bonds is 6. The van der Waals surface area contributed by atoms with Gasteiger partial charge in [-0.25, -0.2) is 9.97 Å². The van der Waals surface area contributed by atoms with Crippen molar-refractivity contribution in [1.82, 2.24) is 24.8 Å². The summed E-state index contributed by atoms with van der Waals surface area (Å²) >= 11 is 2.62. The first-order valence-corrected chi connectivity index (χ1v) is 15.7. The van der Waals surface area contributed by atoms with Crippen LogP contribution in [0.1, 0.15) is 18.4 Å². The number of pyridine rings is 1. The quantitative estimate of drug-likeness (QED) is 0.254. The number of likely N-dealkylation sites (tertiary alicyclic amines) is 2. The zero-order chi connectivity index (χ0) is 32.7. The van der Waals surface area contributed by atoms with E-state index >= 15 is 0 Å². The third-order valence-corrected chi connectivity index (χ3v) is 9.26. The molecule has 2 N–H and O–H groups in total. The lowest BCUT2D eigenvalue weighted by Gasteiger charge is -2.08. The van der Waals surface area contributed by atoms with Crippen molar-refractivity contribution >= 4 is 44.8 Å². The Morgan fingerprint density at radius 3 is 1.65 bits per heavy atom. The highest BCUT2D eigenvalue weighted by atomic mass is 32.1. The molecular weight excluding hydrogens is 640 g/mol. The number of benzene rings is 1. The zero-order valence-corrected chi connectivity index (χ0v) is 25.7. The first kappa shape index (κ1) is 32.3. The van der Waals surface area contributed by atoms with Gasteiger partial charge >= 0.3 is 6.18 Å². The molecule has 46 heavy (non-hydrogen) atoms. The van der Waals surface area contributed by atoms with Gasteiger partial charge in [-0.3, -0.25) is 14.6 Å². The molecule has 6 rings (SSSR count). The van der Waals surface area contributed by atoms with Crippen LogP contribution in [0.25, 0.3) is 20.9 Å². The van der Waals surface area contributed by atoms with Crippen molar-refractivity contribution in [2.75, 3.05) is 36.8 Å². The number of aromatic nitrogens is 3. The summed E-state index contributed by atoms with van der Waals surface area (Å²) in [4.78, 5) is 41.4. The Balaban J connectivity index is 0.000000184. The van der Waals surface area contributed by atoms with E-state index in [1.807, 2.05) is 18.3 Å². The molecule has 4 aromatic rings. The number of carbonyl (C=O) groups is 2. The maximum absolute atomic E-state index is 12.6. The lowest BCUT2D eigenvalue weighted by atomic mass is 10.1. The van der Waals surface area contributed by atoms with E-state index < -0.39 is 11.7 Å². The van der Waals surface area contributed by atoms with Gasteiger partial charge in [0, 0.05) is 51.0 Å². The summed E-state index contributed by atoms with van der Waals surface area (Å²) in [6.07, 6.45) is 7.74. The third-order valence-electron chi connectivity index (χ3n) is 7.33. The van der Waals surface area contributed by atoms with Crippen molar-refractivity contribution in [3.05, 3.63) is 66.7 Å². The van der Waals surface area contributed by atoms with Crippen LogP contribution in [-0.2, 0) is 15.8 Å².